The largest absolute Gasteiger partial charge is 0.485 e. The van der Waals surface area contributed by atoms with Crippen LogP contribution in [0, 0.1) is 5.41 Å². The average Bonchev–Trinajstić information content (AvgIpc) is 3.01. The molecule has 1 aromatic rings. The van der Waals surface area contributed by atoms with Gasteiger partial charge in [0.2, 0.25) is 6.10 Å². The summed E-state index contributed by atoms with van der Waals surface area (Å²) in [5.74, 6) is 1.26. The van der Waals surface area contributed by atoms with Crippen LogP contribution in [0.5, 0.6) is 11.5 Å². The van der Waals surface area contributed by atoms with E-state index in [1.807, 2.05) is 24.3 Å². The molecule has 0 bridgehead atoms. The summed E-state index contributed by atoms with van der Waals surface area (Å²) >= 11 is 3.59. The molecule has 0 spiro atoms. The lowest BCUT2D eigenvalue weighted by molar-refractivity contribution is -0.130. The predicted octanol–water partition coefficient (Wildman–Crippen LogP) is 2.90. The highest BCUT2D eigenvalue weighted by Crippen LogP contribution is 2.39. The molecule has 2 aliphatic rings. The van der Waals surface area contributed by atoms with Crippen LogP contribution in [-0.4, -0.2) is 30.5 Å². The molecule has 3 rings (SSSR count). The van der Waals surface area contributed by atoms with E-state index in [0.29, 0.717) is 18.0 Å². The molecule has 21 heavy (non-hydrogen) atoms. The van der Waals surface area contributed by atoms with Gasteiger partial charge in [-0.1, -0.05) is 40.9 Å². The highest BCUT2D eigenvalue weighted by Gasteiger charge is 2.34. The number of hydrogen-bond acceptors (Lipinski definition) is 3. The zero-order chi connectivity index (χ0) is 14.7. The van der Waals surface area contributed by atoms with E-state index >= 15 is 0 Å². The van der Waals surface area contributed by atoms with Crippen molar-refractivity contribution in [1.82, 2.24) is 5.32 Å². The molecule has 1 aromatic carbocycles. The third-order valence-electron chi connectivity index (χ3n) is 4.39. The van der Waals surface area contributed by atoms with Gasteiger partial charge in [0.1, 0.15) is 6.61 Å². The van der Waals surface area contributed by atoms with Crippen molar-refractivity contribution in [2.24, 2.45) is 5.41 Å². The van der Waals surface area contributed by atoms with Crippen molar-refractivity contribution in [3.63, 3.8) is 0 Å². The zero-order valence-corrected chi connectivity index (χ0v) is 13.5. The number of ether oxygens (including phenoxy) is 2. The van der Waals surface area contributed by atoms with Crippen molar-refractivity contribution in [3.05, 3.63) is 24.3 Å². The van der Waals surface area contributed by atoms with Crippen LogP contribution in [0.4, 0.5) is 0 Å². The minimum atomic E-state index is -0.561. The monoisotopic (exact) mass is 353 g/mol. The molecular formula is C16H20BrNO3. The fourth-order valence-electron chi connectivity index (χ4n) is 3.02. The van der Waals surface area contributed by atoms with Crippen molar-refractivity contribution in [3.8, 4) is 11.5 Å². The maximum Gasteiger partial charge on any atom is 0.264 e. The van der Waals surface area contributed by atoms with E-state index < -0.39 is 6.10 Å². The first kappa shape index (κ1) is 14.7. The van der Waals surface area contributed by atoms with Gasteiger partial charge in [-0.2, -0.15) is 0 Å². The van der Waals surface area contributed by atoms with E-state index in [-0.39, 0.29) is 17.9 Å². The average molecular weight is 354 g/mol. The van der Waals surface area contributed by atoms with Gasteiger partial charge in [0.25, 0.3) is 5.91 Å². The minimum absolute atomic E-state index is 0.0864. The summed E-state index contributed by atoms with van der Waals surface area (Å²) in [6.07, 6.45) is 4.27. The van der Waals surface area contributed by atoms with E-state index in [0.717, 1.165) is 5.33 Å². The summed E-state index contributed by atoms with van der Waals surface area (Å²) in [6, 6.07) is 7.44. The normalized spacial score (nSPS) is 22.8. The first-order valence-electron chi connectivity index (χ1n) is 7.45. The van der Waals surface area contributed by atoms with Crippen molar-refractivity contribution in [2.75, 3.05) is 18.5 Å². The van der Waals surface area contributed by atoms with Crippen LogP contribution in [0.15, 0.2) is 24.3 Å². The lowest BCUT2D eigenvalue weighted by Gasteiger charge is -2.29. The second-order valence-corrected chi connectivity index (χ2v) is 6.48. The second kappa shape index (κ2) is 6.26. The van der Waals surface area contributed by atoms with Crippen molar-refractivity contribution < 1.29 is 14.3 Å². The third-order valence-corrected chi connectivity index (χ3v) is 5.58. The van der Waals surface area contributed by atoms with E-state index in [1.54, 1.807) is 0 Å². The highest BCUT2D eigenvalue weighted by atomic mass is 79.9. The van der Waals surface area contributed by atoms with Crippen molar-refractivity contribution in [2.45, 2.75) is 31.8 Å². The first-order valence-corrected chi connectivity index (χ1v) is 8.57. The Morgan fingerprint density at radius 1 is 1.29 bits per heavy atom. The maximum absolute atomic E-state index is 12.3. The summed E-state index contributed by atoms with van der Waals surface area (Å²) in [4.78, 5) is 12.3. The van der Waals surface area contributed by atoms with Gasteiger partial charge >= 0.3 is 0 Å². The molecule has 1 saturated carbocycles. The van der Waals surface area contributed by atoms with Gasteiger partial charge in [0.15, 0.2) is 11.5 Å². The van der Waals surface area contributed by atoms with E-state index in [1.165, 1.54) is 25.7 Å². The highest BCUT2D eigenvalue weighted by molar-refractivity contribution is 9.09. The van der Waals surface area contributed by atoms with Gasteiger partial charge in [-0.05, 0) is 30.4 Å². The Morgan fingerprint density at radius 3 is 2.71 bits per heavy atom. The Morgan fingerprint density at radius 2 is 2.00 bits per heavy atom. The predicted molar refractivity (Wildman–Crippen MR) is 84.1 cm³/mol. The number of benzene rings is 1. The van der Waals surface area contributed by atoms with Crippen LogP contribution in [0.25, 0.3) is 0 Å². The van der Waals surface area contributed by atoms with Gasteiger partial charge in [0.05, 0.1) is 0 Å². The number of alkyl halides is 1. The number of fused-ring (bicyclic) bond motifs is 1. The Kier molecular flexibility index (Phi) is 4.38. The number of hydrogen-bond donors (Lipinski definition) is 1. The number of rotatable bonds is 4. The van der Waals surface area contributed by atoms with Crippen LogP contribution in [0.3, 0.4) is 0 Å². The SMILES string of the molecule is O=C(NCC1(CBr)CCCC1)C1COc2ccccc2O1. The van der Waals surface area contributed by atoms with Gasteiger partial charge in [0, 0.05) is 11.9 Å². The number of amides is 1. The van der Waals surface area contributed by atoms with Crippen LogP contribution >= 0.6 is 15.9 Å². The zero-order valence-electron chi connectivity index (χ0n) is 11.9. The molecule has 114 valence electrons. The summed E-state index contributed by atoms with van der Waals surface area (Å²) in [7, 11) is 0. The molecule has 1 atom stereocenters. The molecule has 1 unspecified atom stereocenters. The Labute approximate surface area is 133 Å². The van der Waals surface area contributed by atoms with Crippen molar-refractivity contribution in [1.29, 1.82) is 0 Å². The lowest BCUT2D eigenvalue weighted by atomic mass is 9.89. The Bertz CT molecular complexity index is 514. The molecule has 1 aliphatic heterocycles. The summed E-state index contributed by atoms with van der Waals surface area (Å²) < 4.78 is 11.3. The quantitative estimate of drug-likeness (QED) is 0.846. The molecule has 1 heterocycles. The number of nitrogens with one attached hydrogen (secondary N) is 1. The lowest BCUT2D eigenvalue weighted by Crippen LogP contribution is -2.47. The second-order valence-electron chi connectivity index (χ2n) is 5.92. The molecular weight excluding hydrogens is 334 g/mol. The number of carbonyl (C=O) groups is 1. The van der Waals surface area contributed by atoms with Crippen molar-refractivity contribution >= 4 is 21.8 Å². The Hall–Kier alpha value is -1.23. The standard InChI is InChI=1S/C16H20BrNO3/c17-10-16(7-3-4-8-16)11-18-15(19)14-9-20-12-5-1-2-6-13(12)21-14/h1-2,5-6,14H,3-4,7-11H2,(H,18,19). The molecule has 0 aromatic heterocycles. The van der Waals surface area contributed by atoms with Gasteiger partial charge < -0.3 is 14.8 Å². The van der Waals surface area contributed by atoms with Crippen LogP contribution in [0.1, 0.15) is 25.7 Å². The molecule has 5 heteroatoms. The maximum atomic E-state index is 12.3. The molecule has 1 fully saturated rings. The molecule has 0 radical (unpaired) electrons. The molecule has 1 amide bonds. The van der Waals surface area contributed by atoms with Crippen LogP contribution in [0.2, 0.25) is 0 Å². The smallest absolute Gasteiger partial charge is 0.264 e. The number of carbonyl (C=O) groups excluding carboxylic acids is 1. The first-order chi connectivity index (χ1) is 10.2. The van der Waals surface area contributed by atoms with Crippen LogP contribution in [-0.2, 0) is 4.79 Å². The van der Waals surface area contributed by atoms with Crippen LogP contribution < -0.4 is 14.8 Å². The fourth-order valence-corrected chi connectivity index (χ4v) is 3.78. The fraction of sp³-hybridized carbons (Fsp3) is 0.562. The Balaban J connectivity index is 1.57. The van der Waals surface area contributed by atoms with Gasteiger partial charge in [-0.3, -0.25) is 4.79 Å². The molecule has 1 N–H and O–H groups in total. The summed E-state index contributed by atoms with van der Waals surface area (Å²) in [5.41, 5.74) is 0.211. The molecule has 0 saturated heterocycles. The number of halogens is 1. The number of para-hydroxylation sites is 2. The topological polar surface area (TPSA) is 47.6 Å². The summed E-state index contributed by atoms with van der Waals surface area (Å²) in [5, 5.41) is 3.98. The van der Waals surface area contributed by atoms with Gasteiger partial charge in [-0.15, -0.1) is 0 Å². The molecule has 4 nitrogen and oxygen atoms in total. The summed E-state index contributed by atoms with van der Waals surface area (Å²) in [6.45, 7) is 0.975. The third kappa shape index (κ3) is 3.18. The molecule has 1 aliphatic carbocycles. The van der Waals surface area contributed by atoms with E-state index in [4.69, 9.17) is 9.47 Å². The van der Waals surface area contributed by atoms with E-state index in [2.05, 4.69) is 21.2 Å². The van der Waals surface area contributed by atoms with E-state index in [9.17, 15) is 4.79 Å². The minimum Gasteiger partial charge on any atom is -0.485 e. The van der Waals surface area contributed by atoms with Gasteiger partial charge in [-0.25, -0.2) is 0 Å².